The molecule has 4 heterocycles. The first-order valence-electron chi connectivity index (χ1n) is 18.5. The Morgan fingerprint density at radius 3 is 1.82 bits per heavy atom. The van der Waals surface area contributed by atoms with E-state index in [0.717, 1.165) is 60.9 Å². The van der Waals surface area contributed by atoms with Crippen LogP contribution in [-0.2, 0) is 0 Å². The molecule has 5 nitrogen and oxygen atoms in total. The minimum atomic E-state index is 0.604. The Hall–Kier alpha value is -7.28. The van der Waals surface area contributed by atoms with Crippen LogP contribution in [0.4, 0.5) is 0 Å². The molecule has 11 aromatic rings. The summed E-state index contributed by atoms with van der Waals surface area (Å²) in [5.74, 6) is 1.83. The van der Waals surface area contributed by atoms with Gasteiger partial charge in [-0.2, -0.15) is 0 Å². The highest BCUT2D eigenvalue weighted by Crippen LogP contribution is 2.46. The zero-order valence-electron chi connectivity index (χ0n) is 29.9. The summed E-state index contributed by atoms with van der Waals surface area (Å²) in [6, 6.07) is 58.9. The summed E-state index contributed by atoms with van der Waals surface area (Å²) in [5.41, 5.74) is 11.0. The van der Waals surface area contributed by atoms with Gasteiger partial charge in [0.2, 0.25) is 0 Å². The van der Waals surface area contributed by atoms with E-state index < -0.39 is 0 Å². The maximum atomic E-state index is 6.73. The van der Waals surface area contributed by atoms with Gasteiger partial charge >= 0.3 is 0 Å². The van der Waals surface area contributed by atoms with Gasteiger partial charge in [0.25, 0.3) is 0 Å². The van der Waals surface area contributed by atoms with Gasteiger partial charge in [0.1, 0.15) is 11.2 Å². The molecule has 0 fully saturated rings. The molecule has 262 valence electrons. The van der Waals surface area contributed by atoms with Gasteiger partial charge in [0, 0.05) is 71.2 Å². The molecule has 0 unspecified atom stereocenters. The van der Waals surface area contributed by atoms with E-state index in [1.807, 2.05) is 72.1 Å². The lowest BCUT2D eigenvalue weighted by Gasteiger charge is -2.11. The number of para-hydroxylation sites is 1. The smallest absolute Gasteiger partial charge is 0.164 e. The first-order chi connectivity index (χ1) is 27.7. The fourth-order valence-electron chi connectivity index (χ4n) is 7.80. The third kappa shape index (κ3) is 5.46. The van der Waals surface area contributed by atoms with Crippen molar-refractivity contribution in [3.8, 4) is 67.5 Å². The Labute approximate surface area is 326 Å². The lowest BCUT2D eigenvalue weighted by molar-refractivity contribution is 0.670. The van der Waals surface area contributed by atoms with E-state index in [2.05, 4.69) is 120 Å². The van der Waals surface area contributed by atoms with Crippen LogP contribution in [0.5, 0.6) is 0 Å². The van der Waals surface area contributed by atoms with Crippen LogP contribution in [0.25, 0.3) is 110 Å². The van der Waals surface area contributed by atoms with Crippen molar-refractivity contribution in [3.05, 3.63) is 182 Å². The summed E-state index contributed by atoms with van der Waals surface area (Å²) in [7, 11) is 0. The maximum Gasteiger partial charge on any atom is 0.164 e. The highest BCUT2D eigenvalue weighted by Gasteiger charge is 2.20. The molecule has 4 aromatic heterocycles. The van der Waals surface area contributed by atoms with E-state index in [4.69, 9.17) is 19.4 Å². The van der Waals surface area contributed by atoms with Crippen molar-refractivity contribution in [2.24, 2.45) is 0 Å². The second kappa shape index (κ2) is 13.2. The maximum absolute atomic E-state index is 6.73. The van der Waals surface area contributed by atoms with Crippen LogP contribution in [0.3, 0.4) is 0 Å². The predicted molar refractivity (Wildman–Crippen MR) is 230 cm³/mol. The molecule has 0 saturated heterocycles. The Morgan fingerprint density at radius 2 is 1.00 bits per heavy atom. The van der Waals surface area contributed by atoms with Gasteiger partial charge in [0.05, 0.1) is 0 Å². The predicted octanol–water partition coefficient (Wildman–Crippen LogP) is 13.5. The number of thiophene rings is 1. The molecular weight excluding hydrogens is 705 g/mol. The van der Waals surface area contributed by atoms with E-state index in [9.17, 15) is 0 Å². The van der Waals surface area contributed by atoms with Crippen molar-refractivity contribution in [3.63, 3.8) is 0 Å². The van der Waals surface area contributed by atoms with Gasteiger partial charge in [-0.15, -0.1) is 11.3 Å². The number of nitrogens with zero attached hydrogens (tertiary/aromatic N) is 4. The standard InChI is InChI=1S/C50H30N4OS/c1-2-11-32(12-3-1)48-52-49(54-50(53-48)35-14-8-13-34(29-35)36-15-10-28-51-30-36)33-24-22-31(23-25-33)37-26-27-39(46-40-16-4-6-19-42(40)55-47(37)46)38-18-9-21-44-45(38)41-17-5-7-20-43(41)56-44/h1-30H. The highest BCUT2D eigenvalue weighted by atomic mass is 32.1. The van der Waals surface area contributed by atoms with Gasteiger partial charge < -0.3 is 4.42 Å². The van der Waals surface area contributed by atoms with Crippen LogP contribution in [-0.4, -0.2) is 19.9 Å². The minimum absolute atomic E-state index is 0.604. The minimum Gasteiger partial charge on any atom is -0.455 e. The molecule has 11 rings (SSSR count). The summed E-state index contributed by atoms with van der Waals surface area (Å²) in [6.07, 6.45) is 3.65. The van der Waals surface area contributed by atoms with E-state index in [1.54, 1.807) is 6.20 Å². The molecule has 0 bridgehead atoms. The highest BCUT2D eigenvalue weighted by molar-refractivity contribution is 7.25. The molecule has 0 aliphatic rings. The van der Waals surface area contributed by atoms with Gasteiger partial charge in [0.15, 0.2) is 17.5 Å². The number of furan rings is 1. The quantitative estimate of drug-likeness (QED) is 0.170. The van der Waals surface area contributed by atoms with E-state index in [0.29, 0.717) is 17.5 Å². The van der Waals surface area contributed by atoms with E-state index in [-0.39, 0.29) is 0 Å². The fraction of sp³-hybridized carbons (Fsp3) is 0. The zero-order chi connectivity index (χ0) is 37.0. The van der Waals surface area contributed by atoms with Crippen LogP contribution in [0.15, 0.2) is 187 Å². The Balaban J connectivity index is 1.04. The van der Waals surface area contributed by atoms with Gasteiger partial charge in [-0.25, -0.2) is 15.0 Å². The average Bonchev–Trinajstić information content (AvgIpc) is 3.86. The average molecular weight is 735 g/mol. The summed E-state index contributed by atoms with van der Waals surface area (Å²) >= 11 is 1.84. The van der Waals surface area contributed by atoms with Gasteiger partial charge in [-0.3, -0.25) is 4.98 Å². The molecule has 0 amide bonds. The number of hydrogen-bond acceptors (Lipinski definition) is 6. The number of fused-ring (bicyclic) bond motifs is 6. The zero-order valence-corrected chi connectivity index (χ0v) is 30.7. The SMILES string of the molecule is c1ccc(-c2nc(-c3ccc(-c4ccc(-c5cccc6sc7ccccc7c56)c5c4oc4ccccc45)cc3)nc(-c3cccc(-c4cccnc4)c3)n2)cc1. The van der Waals surface area contributed by atoms with Gasteiger partial charge in [-0.05, 0) is 58.7 Å². The number of hydrogen-bond donors (Lipinski definition) is 0. The molecule has 6 heteroatoms. The van der Waals surface area contributed by atoms with Crippen molar-refractivity contribution in [2.45, 2.75) is 0 Å². The molecule has 0 saturated carbocycles. The monoisotopic (exact) mass is 734 g/mol. The summed E-state index contributed by atoms with van der Waals surface area (Å²) in [4.78, 5) is 19.3. The van der Waals surface area contributed by atoms with E-state index >= 15 is 0 Å². The van der Waals surface area contributed by atoms with Crippen molar-refractivity contribution >= 4 is 53.4 Å². The van der Waals surface area contributed by atoms with Crippen LogP contribution < -0.4 is 0 Å². The first kappa shape index (κ1) is 32.2. The fourth-order valence-corrected chi connectivity index (χ4v) is 8.93. The lowest BCUT2D eigenvalue weighted by Crippen LogP contribution is -2.00. The molecule has 0 spiro atoms. The number of benzene rings is 7. The van der Waals surface area contributed by atoms with Crippen LogP contribution in [0, 0.1) is 0 Å². The van der Waals surface area contributed by atoms with E-state index in [1.165, 1.54) is 31.3 Å². The second-order valence-corrected chi connectivity index (χ2v) is 14.9. The normalized spacial score (nSPS) is 11.6. The molecule has 7 aromatic carbocycles. The lowest BCUT2D eigenvalue weighted by atomic mass is 9.92. The molecule has 0 radical (unpaired) electrons. The number of pyridine rings is 1. The van der Waals surface area contributed by atoms with Crippen molar-refractivity contribution in [1.29, 1.82) is 0 Å². The third-order valence-electron chi connectivity index (χ3n) is 10.5. The Kier molecular flexibility index (Phi) is 7.60. The Morgan fingerprint density at radius 1 is 0.393 bits per heavy atom. The summed E-state index contributed by atoms with van der Waals surface area (Å²) in [5, 5.41) is 4.79. The molecule has 0 aliphatic heterocycles. The second-order valence-electron chi connectivity index (χ2n) is 13.8. The van der Waals surface area contributed by atoms with Crippen LogP contribution >= 0.6 is 11.3 Å². The summed E-state index contributed by atoms with van der Waals surface area (Å²) in [6.45, 7) is 0. The van der Waals surface area contributed by atoms with Gasteiger partial charge in [-0.1, -0.05) is 133 Å². The topological polar surface area (TPSA) is 64.7 Å². The molecule has 0 aliphatic carbocycles. The molecule has 0 N–H and O–H groups in total. The summed E-state index contributed by atoms with van der Waals surface area (Å²) < 4.78 is 9.30. The van der Waals surface area contributed by atoms with Crippen molar-refractivity contribution in [1.82, 2.24) is 19.9 Å². The molecular formula is C50H30N4OS. The number of aromatic nitrogens is 4. The van der Waals surface area contributed by atoms with Crippen LogP contribution in [0.1, 0.15) is 0 Å². The Bertz CT molecular complexity index is 3240. The van der Waals surface area contributed by atoms with Crippen molar-refractivity contribution < 1.29 is 4.42 Å². The molecule has 56 heavy (non-hydrogen) atoms. The third-order valence-corrected chi connectivity index (χ3v) is 11.6. The number of rotatable bonds is 6. The van der Waals surface area contributed by atoms with Crippen molar-refractivity contribution in [2.75, 3.05) is 0 Å². The largest absolute Gasteiger partial charge is 0.455 e. The first-order valence-corrected chi connectivity index (χ1v) is 19.3. The van der Waals surface area contributed by atoms with Crippen LogP contribution in [0.2, 0.25) is 0 Å². The molecule has 0 atom stereocenters.